The van der Waals surface area contributed by atoms with Gasteiger partial charge in [-0.05, 0) is 6.42 Å². The summed E-state index contributed by atoms with van der Waals surface area (Å²) in [4.78, 5) is 25.1. The van der Waals surface area contributed by atoms with Crippen LogP contribution in [0.5, 0.6) is 0 Å². The zero-order valence-corrected chi connectivity index (χ0v) is 10.1. The number of nitrogens with zero attached hydrogens (tertiary/aromatic N) is 2. The zero-order valence-electron chi connectivity index (χ0n) is 10.1. The number of carbonyl (C=O) groups excluding carboxylic acids is 1. The molecule has 0 radical (unpaired) electrons. The van der Waals surface area contributed by atoms with Crippen LogP contribution in [0.4, 0.5) is 4.79 Å². The summed E-state index contributed by atoms with van der Waals surface area (Å²) in [7, 11) is 1.61. The van der Waals surface area contributed by atoms with Crippen LogP contribution in [0.15, 0.2) is 12.7 Å². The number of carbonyl (C=O) groups is 2. The molecule has 0 heterocycles. The SMILES string of the molecule is C=CCN(CCO)C(=O)N(C)CCCC(=O)O. The summed E-state index contributed by atoms with van der Waals surface area (Å²) in [5.74, 6) is -0.871. The number of amides is 2. The Hall–Kier alpha value is -1.56. The monoisotopic (exact) mass is 244 g/mol. The molecular weight excluding hydrogens is 224 g/mol. The maximum absolute atomic E-state index is 11.8. The number of urea groups is 1. The van der Waals surface area contributed by atoms with Crippen molar-refractivity contribution in [2.45, 2.75) is 12.8 Å². The molecule has 0 saturated carbocycles. The number of hydrogen-bond acceptors (Lipinski definition) is 3. The zero-order chi connectivity index (χ0) is 13.3. The predicted molar refractivity (Wildman–Crippen MR) is 63.8 cm³/mol. The minimum absolute atomic E-state index is 0.0408. The summed E-state index contributed by atoms with van der Waals surface area (Å²) in [6, 6.07) is -0.232. The number of hydrogen-bond donors (Lipinski definition) is 2. The Morgan fingerprint density at radius 2 is 2.00 bits per heavy atom. The molecular formula is C11H20N2O4. The van der Waals surface area contributed by atoms with E-state index in [4.69, 9.17) is 10.2 Å². The van der Waals surface area contributed by atoms with E-state index in [-0.39, 0.29) is 25.6 Å². The van der Waals surface area contributed by atoms with Gasteiger partial charge in [0.25, 0.3) is 0 Å². The van der Waals surface area contributed by atoms with E-state index in [1.165, 1.54) is 9.80 Å². The fourth-order valence-electron chi connectivity index (χ4n) is 1.35. The molecule has 0 unspecified atom stereocenters. The van der Waals surface area contributed by atoms with E-state index in [2.05, 4.69) is 6.58 Å². The number of aliphatic carboxylic acids is 1. The minimum Gasteiger partial charge on any atom is -0.481 e. The van der Waals surface area contributed by atoms with Crippen LogP contribution in [-0.4, -0.2) is 65.3 Å². The molecule has 6 nitrogen and oxygen atoms in total. The lowest BCUT2D eigenvalue weighted by Crippen LogP contribution is -2.43. The second kappa shape index (κ2) is 8.58. The lowest BCUT2D eigenvalue weighted by atomic mass is 10.3. The fourth-order valence-corrected chi connectivity index (χ4v) is 1.35. The molecule has 0 aliphatic heterocycles. The minimum atomic E-state index is -0.871. The smallest absolute Gasteiger partial charge is 0.320 e. The molecule has 98 valence electrons. The molecule has 6 heteroatoms. The van der Waals surface area contributed by atoms with Crippen LogP contribution in [0.1, 0.15) is 12.8 Å². The van der Waals surface area contributed by atoms with E-state index in [0.717, 1.165) is 0 Å². The average Bonchev–Trinajstić information content (AvgIpc) is 2.27. The first-order valence-electron chi connectivity index (χ1n) is 5.46. The predicted octanol–water partition coefficient (Wildman–Crippen LogP) is 0.383. The van der Waals surface area contributed by atoms with Gasteiger partial charge in [-0.3, -0.25) is 4.79 Å². The maximum Gasteiger partial charge on any atom is 0.320 e. The van der Waals surface area contributed by atoms with Crippen molar-refractivity contribution in [1.82, 2.24) is 9.80 Å². The third kappa shape index (κ3) is 6.57. The van der Waals surface area contributed by atoms with Gasteiger partial charge in [0.05, 0.1) is 6.61 Å². The largest absolute Gasteiger partial charge is 0.481 e. The van der Waals surface area contributed by atoms with E-state index in [1.54, 1.807) is 13.1 Å². The Kier molecular flexibility index (Phi) is 7.79. The van der Waals surface area contributed by atoms with Gasteiger partial charge in [-0.2, -0.15) is 0 Å². The molecule has 0 aliphatic rings. The van der Waals surface area contributed by atoms with Crippen molar-refractivity contribution in [2.75, 3.05) is 33.3 Å². The Bertz CT molecular complexity index is 268. The third-order valence-electron chi connectivity index (χ3n) is 2.20. The van der Waals surface area contributed by atoms with Crippen LogP contribution >= 0.6 is 0 Å². The number of aliphatic hydroxyl groups excluding tert-OH is 1. The Morgan fingerprint density at radius 1 is 1.35 bits per heavy atom. The molecule has 0 atom stereocenters. The van der Waals surface area contributed by atoms with E-state index in [0.29, 0.717) is 19.5 Å². The van der Waals surface area contributed by atoms with Crippen LogP contribution in [-0.2, 0) is 4.79 Å². The van der Waals surface area contributed by atoms with Crippen molar-refractivity contribution in [1.29, 1.82) is 0 Å². The highest BCUT2D eigenvalue weighted by atomic mass is 16.4. The van der Waals surface area contributed by atoms with Gasteiger partial charge in [0, 0.05) is 33.1 Å². The Labute approximate surface area is 101 Å². The Balaban J connectivity index is 4.14. The topological polar surface area (TPSA) is 81.1 Å². The second-order valence-corrected chi connectivity index (χ2v) is 3.66. The van der Waals surface area contributed by atoms with Crippen molar-refractivity contribution in [3.63, 3.8) is 0 Å². The van der Waals surface area contributed by atoms with Crippen LogP contribution in [0, 0.1) is 0 Å². The summed E-state index contributed by atoms with van der Waals surface area (Å²) < 4.78 is 0. The van der Waals surface area contributed by atoms with Gasteiger partial charge in [-0.25, -0.2) is 4.79 Å². The van der Waals surface area contributed by atoms with Crippen molar-refractivity contribution in [2.24, 2.45) is 0 Å². The van der Waals surface area contributed by atoms with Crippen molar-refractivity contribution in [3.05, 3.63) is 12.7 Å². The molecule has 0 aliphatic carbocycles. The van der Waals surface area contributed by atoms with Gasteiger partial charge in [0.15, 0.2) is 0 Å². The molecule has 0 rings (SSSR count). The quantitative estimate of drug-likeness (QED) is 0.605. The van der Waals surface area contributed by atoms with Crippen LogP contribution in [0.3, 0.4) is 0 Å². The standard InChI is InChI=1S/C11H20N2O4/c1-3-6-13(8-9-14)11(17)12(2)7-4-5-10(15)16/h3,14H,1,4-9H2,2H3,(H,15,16). The van der Waals surface area contributed by atoms with Gasteiger partial charge in [-0.1, -0.05) is 6.08 Å². The van der Waals surface area contributed by atoms with Crippen molar-refractivity contribution < 1.29 is 19.8 Å². The summed E-state index contributed by atoms with van der Waals surface area (Å²) in [6.07, 6.45) is 2.04. The highest BCUT2D eigenvalue weighted by Crippen LogP contribution is 2.00. The second-order valence-electron chi connectivity index (χ2n) is 3.66. The normalized spacial score (nSPS) is 9.76. The summed E-state index contributed by atoms with van der Waals surface area (Å²) in [5.41, 5.74) is 0. The average molecular weight is 244 g/mol. The van der Waals surface area contributed by atoms with Gasteiger partial charge in [0.1, 0.15) is 0 Å². The molecule has 0 saturated heterocycles. The Morgan fingerprint density at radius 3 is 2.47 bits per heavy atom. The molecule has 0 aromatic heterocycles. The first-order chi connectivity index (χ1) is 8.02. The molecule has 0 fully saturated rings. The van der Waals surface area contributed by atoms with Gasteiger partial charge in [0.2, 0.25) is 0 Å². The van der Waals surface area contributed by atoms with Gasteiger partial charge >= 0.3 is 12.0 Å². The fraction of sp³-hybridized carbons (Fsp3) is 0.636. The van der Waals surface area contributed by atoms with Crippen LogP contribution in [0.25, 0.3) is 0 Å². The van der Waals surface area contributed by atoms with E-state index < -0.39 is 5.97 Å². The van der Waals surface area contributed by atoms with Gasteiger partial charge in [-0.15, -0.1) is 6.58 Å². The molecule has 0 aromatic carbocycles. The highest BCUT2D eigenvalue weighted by Gasteiger charge is 2.16. The van der Waals surface area contributed by atoms with Crippen LogP contribution in [0.2, 0.25) is 0 Å². The molecule has 0 bridgehead atoms. The first kappa shape index (κ1) is 15.4. The number of rotatable bonds is 8. The summed E-state index contributed by atoms with van der Waals surface area (Å²) >= 11 is 0. The van der Waals surface area contributed by atoms with E-state index in [9.17, 15) is 9.59 Å². The molecule has 0 aromatic rings. The van der Waals surface area contributed by atoms with Crippen molar-refractivity contribution >= 4 is 12.0 Å². The van der Waals surface area contributed by atoms with E-state index in [1.807, 2.05) is 0 Å². The summed E-state index contributed by atoms with van der Waals surface area (Å²) in [6.45, 7) is 4.42. The summed E-state index contributed by atoms with van der Waals surface area (Å²) in [5, 5.41) is 17.3. The molecule has 0 spiro atoms. The lowest BCUT2D eigenvalue weighted by molar-refractivity contribution is -0.137. The number of carboxylic acids is 1. The van der Waals surface area contributed by atoms with Gasteiger partial charge < -0.3 is 20.0 Å². The lowest BCUT2D eigenvalue weighted by Gasteiger charge is -2.26. The molecule has 2 amide bonds. The first-order valence-corrected chi connectivity index (χ1v) is 5.46. The van der Waals surface area contributed by atoms with Crippen molar-refractivity contribution in [3.8, 4) is 0 Å². The van der Waals surface area contributed by atoms with Crippen LogP contribution < -0.4 is 0 Å². The number of carboxylic acid groups (broad SMARTS) is 1. The molecule has 17 heavy (non-hydrogen) atoms. The third-order valence-corrected chi connectivity index (χ3v) is 2.20. The maximum atomic E-state index is 11.8. The highest BCUT2D eigenvalue weighted by molar-refractivity contribution is 5.74. The number of aliphatic hydroxyl groups is 1. The van der Waals surface area contributed by atoms with E-state index >= 15 is 0 Å². The molecule has 2 N–H and O–H groups in total.